The second-order valence-electron chi connectivity index (χ2n) is 20.0. The Morgan fingerprint density at radius 2 is 1.66 bits per heavy atom. The molecule has 0 radical (unpaired) electrons. The highest BCUT2D eigenvalue weighted by molar-refractivity contribution is 7.89. The van der Waals surface area contributed by atoms with E-state index in [1.807, 2.05) is 17.6 Å². The topological polar surface area (TPSA) is 173 Å². The van der Waals surface area contributed by atoms with Crippen molar-refractivity contribution >= 4 is 31.8 Å². The van der Waals surface area contributed by atoms with Crippen LogP contribution in [0, 0.1) is 31.4 Å². The van der Waals surface area contributed by atoms with Gasteiger partial charge in [-0.25, -0.2) is 31.5 Å². The van der Waals surface area contributed by atoms with Crippen molar-refractivity contribution in [3.63, 3.8) is 0 Å². The minimum atomic E-state index is -4.44. The normalized spacial score (nSPS) is 23.7. The summed E-state index contributed by atoms with van der Waals surface area (Å²) in [5.74, 6) is -1.13. The Morgan fingerprint density at radius 1 is 0.912 bits per heavy atom. The molecule has 1 unspecified atom stereocenters. The van der Waals surface area contributed by atoms with Crippen molar-refractivity contribution in [2.45, 2.75) is 114 Å². The van der Waals surface area contributed by atoms with Crippen molar-refractivity contribution in [3.05, 3.63) is 134 Å². The number of aromatic nitrogens is 9. The van der Waals surface area contributed by atoms with Gasteiger partial charge in [0.05, 0.1) is 51.3 Å². The fraction of sp³-hybridized carbons (Fsp3) is 0.408. The minimum absolute atomic E-state index is 0.0118. The van der Waals surface area contributed by atoms with Gasteiger partial charge in [-0.05, 0) is 137 Å². The van der Waals surface area contributed by atoms with Crippen molar-refractivity contribution in [1.82, 2.24) is 47.7 Å². The summed E-state index contributed by atoms with van der Waals surface area (Å²) in [6, 6.07) is 13.1. The number of hydrogen-bond acceptors (Lipinski definition) is 9. The molecule has 3 aliphatic heterocycles. The van der Waals surface area contributed by atoms with E-state index in [2.05, 4.69) is 41.2 Å². The molecule has 8 aromatic rings. The van der Waals surface area contributed by atoms with Crippen LogP contribution in [0.25, 0.3) is 39.0 Å². The molecule has 1 N–H and O–H groups in total. The van der Waals surface area contributed by atoms with Gasteiger partial charge in [0, 0.05) is 49.5 Å². The molecule has 16 nitrogen and oxygen atoms in total. The molecule has 3 aromatic carbocycles. The SMILES string of the molecule is Cc1cc(-n2nc3c(c2-n2ccn(-c4ccc5c(cnn5C)c4F)c2=O)[C@@H]2CCC[C@H](C3)N2S(=O)(=O)c2cc3cc([C@H]4CCOC(C)(C)C4)ccc3n2C2(c3noc(=O)[nH]3)C[C@@H]2C)cc(C)c1F. The van der Waals surface area contributed by atoms with Gasteiger partial charge in [-0.3, -0.25) is 23.3 Å². The Balaban J connectivity index is 1.05. The van der Waals surface area contributed by atoms with Crippen LogP contribution < -0.4 is 11.4 Å². The van der Waals surface area contributed by atoms with Crippen LogP contribution in [0.15, 0.2) is 86.3 Å². The van der Waals surface area contributed by atoms with Gasteiger partial charge >= 0.3 is 11.4 Å². The third-order valence-corrected chi connectivity index (χ3v) is 17.2. The first-order valence-electron chi connectivity index (χ1n) is 23.2. The smallest absolute Gasteiger partial charge is 0.376 e. The number of halogens is 2. The highest BCUT2D eigenvalue weighted by Crippen LogP contribution is 2.57. The van der Waals surface area contributed by atoms with Gasteiger partial charge in [-0.2, -0.15) is 14.5 Å². The number of aryl methyl sites for hydroxylation is 3. The Bertz CT molecular complexity index is 3630. The summed E-state index contributed by atoms with van der Waals surface area (Å²) in [6.07, 6.45) is 8.45. The van der Waals surface area contributed by atoms with E-state index < -0.39 is 44.9 Å². The first-order valence-corrected chi connectivity index (χ1v) is 24.6. The fourth-order valence-corrected chi connectivity index (χ4v) is 14.0. The standard InChI is InChI=1S/C49H50F2N10O6S/c1-26-18-33(19-27(2)42(26)50)60-44(58-16-15-57(47(58)63)39-13-12-37-34(43(39)51)25-52-56(37)6)41-35(54-60)22-32-8-7-9-38(41)61(32)68(64,65)40-21-31-20-29(30-14-17-66-48(4,5)24-30)10-11-36(31)59(40)49(23-28(49)3)45-53-46(62)67-55-45/h10-13,15-16,18-21,25,28,30,32,38H,7-9,14,17,22-24H2,1-6H3,(H,53,55,62)/t28-,30-,32+,38-,49?/m0/s1. The molecule has 2 saturated heterocycles. The first kappa shape index (κ1) is 42.9. The van der Waals surface area contributed by atoms with Gasteiger partial charge in [0.2, 0.25) is 0 Å². The number of H-pyrrole nitrogens is 1. The monoisotopic (exact) mass is 944 g/mol. The van der Waals surface area contributed by atoms with Gasteiger partial charge in [0.1, 0.15) is 17.2 Å². The summed E-state index contributed by atoms with van der Waals surface area (Å²) in [7, 11) is -2.73. The summed E-state index contributed by atoms with van der Waals surface area (Å²) in [6.45, 7) is 10.1. The Kier molecular flexibility index (Phi) is 9.32. The summed E-state index contributed by atoms with van der Waals surface area (Å²) in [5.41, 5.74) is 2.73. The third-order valence-electron chi connectivity index (χ3n) is 15.2. The van der Waals surface area contributed by atoms with E-state index in [1.165, 1.54) is 33.8 Å². The lowest BCUT2D eigenvalue weighted by Gasteiger charge is -2.44. The van der Waals surface area contributed by atoms with Crippen molar-refractivity contribution in [1.29, 1.82) is 0 Å². The van der Waals surface area contributed by atoms with Gasteiger partial charge in [0.15, 0.2) is 16.7 Å². The zero-order valence-corrected chi connectivity index (χ0v) is 39.3. The van der Waals surface area contributed by atoms with E-state index in [0.29, 0.717) is 71.4 Å². The molecule has 352 valence electrons. The lowest BCUT2D eigenvalue weighted by molar-refractivity contribution is -0.0592. The van der Waals surface area contributed by atoms with Gasteiger partial charge in [0.25, 0.3) is 10.0 Å². The Morgan fingerprint density at radius 3 is 2.38 bits per heavy atom. The molecule has 8 heterocycles. The predicted octanol–water partition coefficient (Wildman–Crippen LogP) is 7.52. The molecule has 5 atom stereocenters. The van der Waals surface area contributed by atoms with Crippen molar-refractivity contribution in [3.8, 4) is 17.2 Å². The number of rotatable bonds is 8. The summed E-state index contributed by atoms with van der Waals surface area (Å²) >= 11 is 0. The number of nitrogens with one attached hydrogen (secondary N) is 1. The van der Waals surface area contributed by atoms with Crippen LogP contribution >= 0.6 is 0 Å². The van der Waals surface area contributed by atoms with Gasteiger partial charge in [-0.1, -0.05) is 18.1 Å². The maximum absolute atomic E-state index is 16.3. The zero-order valence-electron chi connectivity index (χ0n) is 38.5. The van der Waals surface area contributed by atoms with E-state index in [9.17, 15) is 9.59 Å². The quantitative estimate of drug-likeness (QED) is 0.162. The Labute approximate surface area is 388 Å². The van der Waals surface area contributed by atoms with Crippen molar-refractivity contribution < 1.29 is 26.5 Å². The Hall–Kier alpha value is -6.44. The maximum Gasteiger partial charge on any atom is 0.438 e. The largest absolute Gasteiger partial charge is 0.438 e. The summed E-state index contributed by atoms with van der Waals surface area (Å²) in [5, 5.41) is 14.5. The molecule has 19 heteroatoms. The van der Waals surface area contributed by atoms with Crippen LogP contribution in [0.2, 0.25) is 0 Å². The number of nitrogens with zero attached hydrogens (tertiary/aromatic N) is 9. The van der Waals surface area contributed by atoms with Crippen LogP contribution in [-0.4, -0.2) is 74.4 Å². The molecule has 3 fully saturated rings. The number of ether oxygens (including phenoxy) is 1. The van der Waals surface area contributed by atoms with Crippen LogP contribution in [0.4, 0.5) is 8.78 Å². The van der Waals surface area contributed by atoms with Crippen molar-refractivity contribution in [2.24, 2.45) is 13.0 Å². The molecule has 0 amide bonds. The third kappa shape index (κ3) is 6.20. The summed E-state index contributed by atoms with van der Waals surface area (Å²) < 4.78 is 84.0. The second-order valence-corrected chi connectivity index (χ2v) is 21.7. The highest BCUT2D eigenvalue weighted by atomic mass is 32.2. The van der Waals surface area contributed by atoms with Crippen LogP contribution in [-0.2, 0) is 33.8 Å². The van der Waals surface area contributed by atoms with Gasteiger partial charge < -0.3 is 9.30 Å². The number of piperidine rings is 1. The van der Waals surface area contributed by atoms with E-state index in [0.717, 1.165) is 23.8 Å². The maximum atomic E-state index is 16.3. The van der Waals surface area contributed by atoms with Crippen LogP contribution in [0.5, 0.6) is 0 Å². The second kappa shape index (κ2) is 14.8. The molecular formula is C49H50F2N10O6S. The molecule has 2 bridgehead atoms. The van der Waals surface area contributed by atoms with Crippen LogP contribution in [0.1, 0.15) is 105 Å². The fourth-order valence-electron chi connectivity index (χ4n) is 11.9. The van der Waals surface area contributed by atoms with Crippen LogP contribution in [0.3, 0.4) is 0 Å². The molecular weight excluding hydrogens is 895 g/mol. The van der Waals surface area contributed by atoms with E-state index in [1.54, 1.807) is 58.8 Å². The number of hydrogen-bond donors (Lipinski definition) is 1. The number of aromatic amines is 1. The molecule has 12 rings (SSSR count). The lowest BCUT2D eigenvalue weighted by Crippen LogP contribution is -2.50. The average Bonchev–Trinajstić information content (AvgIpc) is 3.93. The highest BCUT2D eigenvalue weighted by Gasteiger charge is 2.60. The number of sulfonamides is 1. The van der Waals surface area contributed by atoms with E-state index >= 15 is 17.2 Å². The average molecular weight is 945 g/mol. The molecule has 5 aromatic heterocycles. The first-order chi connectivity index (χ1) is 32.5. The minimum Gasteiger partial charge on any atom is -0.376 e. The van der Waals surface area contributed by atoms with Crippen molar-refractivity contribution in [2.75, 3.05) is 6.61 Å². The van der Waals surface area contributed by atoms with Gasteiger partial charge in [-0.15, -0.1) is 0 Å². The molecule has 1 saturated carbocycles. The molecule has 4 aliphatic rings. The van der Waals surface area contributed by atoms with E-state index in [4.69, 9.17) is 14.4 Å². The summed E-state index contributed by atoms with van der Waals surface area (Å²) in [4.78, 5) is 30.1. The van der Waals surface area contributed by atoms with E-state index in [-0.39, 0.29) is 57.4 Å². The molecule has 68 heavy (non-hydrogen) atoms. The number of imidazole rings is 1. The number of fused-ring (bicyclic) bond motifs is 6. The lowest BCUT2D eigenvalue weighted by atomic mass is 9.83. The number of benzene rings is 3. The predicted molar refractivity (Wildman–Crippen MR) is 247 cm³/mol. The molecule has 0 spiro atoms. The molecule has 1 aliphatic carbocycles. The zero-order chi connectivity index (χ0) is 47.3.